The van der Waals surface area contributed by atoms with Crippen LogP contribution in [0.5, 0.6) is 0 Å². The molecule has 0 aliphatic heterocycles. The molecule has 0 amide bonds. The molecule has 0 bridgehead atoms. The lowest BCUT2D eigenvalue weighted by Gasteiger charge is -2.07. The van der Waals surface area contributed by atoms with E-state index in [1.807, 2.05) is 19.1 Å². The number of hydrogen-bond donors (Lipinski definition) is 2. The van der Waals surface area contributed by atoms with Gasteiger partial charge < -0.3 is 0 Å². The molecule has 28 heavy (non-hydrogen) atoms. The first kappa shape index (κ1) is 19.9. The molecule has 0 saturated carbocycles. The number of anilines is 1. The van der Waals surface area contributed by atoms with E-state index in [2.05, 4.69) is 20.5 Å². The Morgan fingerprint density at radius 3 is 2.61 bits per heavy atom. The highest BCUT2D eigenvalue weighted by molar-refractivity contribution is 6.30. The molecule has 1 aromatic carbocycles. The summed E-state index contributed by atoms with van der Waals surface area (Å²) >= 11 is 11.9. The highest BCUT2D eigenvalue weighted by atomic mass is 35.5. The molecule has 0 unspecified atom stereocenters. The van der Waals surface area contributed by atoms with Crippen molar-refractivity contribution in [3.05, 3.63) is 66.8 Å². The summed E-state index contributed by atoms with van der Waals surface area (Å²) in [5.74, 6) is 0.309. The topological polar surface area (TPSA) is 97.1 Å². The zero-order valence-corrected chi connectivity index (χ0v) is 17.0. The summed E-state index contributed by atoms with van der Waals surface area (Å²) in [6, 6.07) is 7.24. The molecule has 0 aliphatic rings. The standard InChI is InChI=1S/C18H18Cl2N6O2/c1-10(19)8-9-26-14-15(25(3)18(28)22-16(14)27)21-17(26)24-23-11(2)12-4-6-13(20)7-5-12/h4-8H,9H2,1-3H3,(H,21,24)(H,22,27,28)/b10-8-,23-11+. The van der Waals surface area contributed by atoms with Crippen LogP contribution in [0.3, 0.4) is 0 Å². The molecule has 10 heteroatoms. The third-order valence-electron chi connectivity index (χ3n) is 4.15. The van der Waals surface area contributed by atoms with Crippen LogP contribution in [0.4, 0.5) is 5.95 Å². The number of allylic oxidation sites excluding steroid dienone is 2. The maximum atomic E-state index is 12.4. The van der Waals surface area contributed by atoms with Crippen molar-refractivity contribution in [3.8, 4) is 0 Å². The van der Waals surface area contributed by atoms with Crippen molar-refractivity contribution in [2.75, 3.05) is 5.43 Å². The lowest BCUT2D eigenvalue weighted by molar-refractivity contribution is 0.818. The van der Waals surface area contributed by atoms with E-state index in [0.717, 1.165) is 5.56 Å². The summed E-state index contributed by atoms with van der Waals surface area (Å²) in [6.07, 6.45) is 1.73. The molecule has 2 aromatic heterocycles. The van der Waals surface area contributed by atoms with Crippen molar-refractivity contribution < 1.29 is 0 Å². The third-order valence-corrected chi connectivity index (χ3v) is 4.55. The number of hydrogen-bond acceptors (Lipinski definition) is 5. The Morgan fingerprint density at radius 2 is 1.96 bits per heavy atom. The average molecular weight is 421 g/mol. The van der Waals surface area contributed by atoms with Gasteiger partial charge in [-0.2, -0.15) is 10.1 Å². The fourth-order valence-corrected chi connectivity index (χ4v) is 2.80. The van der Waals surface area contributed by atoms with Gasteiger partial charge in [-0.3, -0.25) is 18.9 Å². The number of aromatic amines is 1. The molecule has 0 aliphatic carbocycles. The van der Waals surface area contributed by atoms with Gasteiger partial charge in [0.2, 0.25) is 5.95 Å². The van der Waals surface area contributed by atoms with E-state index < -0.39 is 11.2 Å². The predicted octanol–water partition coefficient (Wildman–Crippen LogP) is 3.06. The first-order valence-corrected chi connectivity index (χ1v) is 9.11. The summed E-state index contributed by atoms with van der Waals surface area (Å²) in [5, 5.41) is 5.54. The van der Waals surface area contributed by atoms with Crippen molar-refractivity contribution >= 4 is 46.0 Å². The second kappa shape index (κ2) is 8.04. The molecule has 3 rings (SSSR count). The van der Waals surface area contributed by atoms with Crippen molar-refractivity contribution in [2.45, 2.75) is 20.4 Å². The summed E-state index contributed by atoms with van der Waals surface area (Å²) in [5.41, 5.74) is 3.87. The fraction of sp³-hybridized carbons (Fsp3) is 0.222. The van der Waals surface area contributed by atoms with Crippen molar-refractivity contribution in [1.29, 1.82) is 0 Å². The zero-order valence-electron chi connectivity index (χ0n) is 15.5. The Hall–Kier alpha value is -2.84. The van der Waals surface area contributed by atoms with Crippen LogP contribution in [0.2, 0.25) is 5.02 Å². The fourth-order valence-electron chi connectivity index (χ4n) is 2.60. The van der Waals surface area contributed by atoms with Gasteiger partial charge in [0.25, 0.3) is 5.56 Å². The molecule has 8 nitrogen and oxygen atoms in total. The van der Waals surface area contributed by atoms with Crippen molar-refractivity contribution in [2.24, 2.45) is 12.1 Å². The highest BCUT2D eigenvalue weighted by Gasteiger charge is 2.16. The smallest absolute Gasteiger partial charge is 0.299 e. The minimum Gasteiger partial charge on any atom is -0.299 e. The van der Waals surface area contributed by atoms with Crippen LogP contribution in [0, 0.1) is 0 Å². The molecule has 146 valence electrons. The molecule has 0 atom stereocenters. The van der Waals surface area contributed by atoms with Crippen LogP contribution in [0.1, 0.15) is 19.4 Å². The summed E-state index contributed by atoms with van der Waals surface area (Å²) in [4.78, 5) is 30.9. The SMILES string of the molecule is C/C(Cl)=C/Cn1c(N/N=C(\C)c2ccc(Cl)cc2)nc2c1c(=O)[nH]c(=O)n2C. The number of fused-ring (bicyclic) bond motifs is 1. The first-order chi connectivity index (χ1) is 13.3. The second-order valence-corrected chi connectivity index (χ2v) is 7.18. The Morgan fingerprint density at radius 1 is 1.29 bits per heavy atom. The van der Waals surface area contributed by atoms with Crippen LogP contribution in [-0.4, -0.2) is 24.8 Å². The van der Waals surface area contributed by atoms with E-state index in [-0.39, 0.29) is 17.7 Å². The van der Waals surface area contributed by atoms with Crippen LogP contribution < -0.4 is 16.7 Å². The molecule has 0 fully saturated rings. The largest absolute Gasteiger partial charge is 0.329 e. The minimum atomic E-state index is -0.543. The van der Waals surface area contributed by atoms with E-state index in [0.29, 0.717) is 21.7 Å². The molecular weight excluding hydrogens is 403 g/mol. The second-order valence-electron chi connectivity index (χ2n) is 6.14. The summed E-state index contributed by atoms with van der Waals surface area (Å²) < 4.78 is 2.88. The molecule has 0 saturated heterocycles. The summed E-state index contributed by atoms with van der Waals surface area (Å²) in [7, 11) is 1.53. The highest BCUT2D eigenvalue weighted by Crippen LogP contribution is 2.17. The number of aryl methyl sites for hydroxylation is 1. The lowest BCUT2D eigenvalue weighted by Crippen LogP contribution is -2.29. The van der Waals surface area contributed by atoms with Gasteiger partial charge in [0.05, 0.1) is 5.71 Å². The molecule has 3 aromatic rings. The van der Waals surface area contributed by atoms with Gasteiger partial charge in [-0.25, -0.2) is 10.2 Å². The van der Waals surface area contributed by atoms with Crippen LogP contribution in [-0.2, 0) is 13.6 Å². The normalized spacial score (nSPS) is 12.6. The number of aromatic nitrogens is 4. The lowest BCUT2D eigenvalue weighted by atomic mass is 10.1. The molecule has 0 spiro atoms. The Kier molecular flexibility index (Phi) is 5.71. The van der Waals surface area contributed by atoms with Gasteiger partial charge in [0.15, 0.2) is 11.2 Å². The average Bonchev–Trinajstić information content (AvgIpc) is 3.02. The van der Waals surface area contributed by atoms with Crippen LogP contribution in [0.25, 0.3) is 11.2 Å². The minimum absolute atomic E-state index is 0.247. The maximum Gasteiger partial charge on any atom is 0.329 e. The number of halogens is 2. The van der Waals surface area contributed by atoms with Gasteiger partial charge in [-0.15, -0.1) is 0 Å². The number of rotatable bonds is 5. The monoisotopic (exact) mass is 420 g/mol. The Balaban J connectivity index is 2.09. The third kappa shape index (κ3) is 4.02. The number of nitrogens with one attached hydrogen (secondary N) is 2. The van der Waals surface area contributed by atoms with Gasteiger partial charge in [0.1, 0.15) is 0 Å². The van der Waals surface area contributed by atoms with E-state index in [1.54, 1.807) is 29.7 Å². The van der Waals surface area contributed by atoms with Crippen LogP contribution in [0.15, 0.2) is 50.1 Å². The number of imidazole rings is 1. The first-order valence-electron chi connectivity index (χ1n) is 8.36. The zero-order chi connectivity index (χ0) is 20.4. The number of hydrazone groups is 1. The molecular formula is C18H18Cl2N6O2. The van der Waals surface area contributed by atoms with Gasteiger partial charge in [0, 0.05) is 23.6 Å². The Bertz CT molecular complexity index is 1200. The van der Waals surface area contributed by atoms with Gasteiger partial charge >= 0.3 is 5.69 Å². The number of benzene rings is 1. The number of nitrogens with zero attached hydrogens (tertiary/aromatic N) is 4. The van der Waals surface area contributed by atoms with Gasteiger partial charge in [-0.05, 0) is 31.5 Å². The van der Waals surface area contributed by atoms with Crippen LogP contribution >= 0.6 is 23.2 Å². The predicted molar refractivity (Wildman–Crippen MR) is 112 cm³/mol. The van der Waals surface area contributed by atoms with E-state index >= 15 is 0 Å². The maximum absolute atomic E-state index is 12.4. The van der Waals surface area contributed by atoms with Crippen molar-refractivity contribution in [3.63, 3.8) is 0 Å². The van der Waals surface area contributed by atoms with Crippen molar-refractivity contribution in [1.82, 2.24) is 19.1 Å². The van der Waals surface area contributed by atoms with E-state index in [9.17, 15) is 9.59 Å². The van der Waals surface area contributed by atoms with E-state index in [4.69, 9.17) is 23.2 Å². The van der Waals surface area contributed by atoms with E-state index in [1.165, 1.54) is 11.6 Å². The quantitative estimate of drug-likeness (QED) is 0.489. The van der Waals surface area contributed by atoms with Gasteiger partial charge in [-0.1, -0.05) is 41.4 Å². The summed E-state index contributed by atoms with van der Waals surface area (Å²) in [6.45, 7) is 3.84. The molecule has 2 heterocycles. The number of H-pyrrole nitrogens is 1. The molecule has 0 radical (unpaired) electrons. The molecule has 2 N–H and O–H groups in total. The Labute approximate surface area is 170 Å².